The normalized spacial score (nSPS) is 24.0. The molecule has 0 N–H and O–H groups in total. The van der Waals surface area contributed by atoms with Gasteiger partial charge in [0.1, 0.15) is 28.4 Å². The SMILES string of the molecule is CC1CC(C)OC2(O1)c1cc(F)ccc1-c1c(-c3ccc(F)cc3)nc3ccccc3[n+]12. The first-order valence-corrected chi connectivity index (χ1v) is 10.7. The fraction of sp³-hybridized carbons (Fsp3) is 0.231. The van der Waals surface area contributed by atoms with Gasteiger partial charge in [0.25, 0.3) is 0 Å². The topological polar surface area (TPSA) is 35.2 Å². The lowest BCUT2D eigenvalue weighted by Crippen LogP contribution is -2.63. The summed E-state index contributed by atoms with van der Waals surface area (Å²) in [5, 5.41) is 0. The van der Waals surface area contributed by atoms with E-state index in [0.717, 1.165) is 34.3 Å². The zero-order chi connectivity index (χ0) is 22.0. The molecule has 4 nitrogen and oxygen atoms in total. The van der Waals surface area contributed by atoms with Gasteiger partial charge in [0.2, 0.25) is 11.2 Å². The lowest BCUT2D eigenvalue weighted by Gasteiger charge is -2.36. The molecular formula is C26H21F2N2O2+. The van der Waals surface area contributed by atoms with Crippen LogP contribution in [0.1, 0.15) is 25.8 Å². The van der Waals surface area contributed by atoms with E-state index in [-0.39, 0.29) is 23.8 Å². The predicted octanol–water partition coefficient (Wildman–Crippen LogP) is 5.32. The third-order valence-electron chi connectivity index (χ3n) is 6.18. The van der Waals surface area contributed by atoms with E-state index >= 15 is 0 Å². The predicted molar refractivity (Wildman–Crippen MR) is 116 cm³/mol. The average Bonchev–Trinajstić information content (AvgIpc) is 3.02. The second-order valence-corrected chi connectivity index (χ2v) is 8.50. The zero-order valence-electron chi connectivity index (χ0n) is 17.7. The number of hydrogen-bond acceptors (Lipinski definition) is 3. The van der Waals surface area contributed by atoms with E-state index in [1.54, 1.807) is 18.2 Å². The van der Waals surface area contributed by atoms with Crippen LogP contribution < -0.4 is 4.57 Å². The van der Waals surface area contributed by atoms with Gasteiger partial charge in [-0.2, -0.15) is 0 Å². The highest BCUT2D eigenvalue weighted by atomic mass is 19.1. The highest BCUT2D eigenvalue weighted by Crippen LogP contribution is 2.47. The van der Waals surface area contributed by atoms with Crippen LogP contribution in [0.5, 0.6) is 0 Å². The Balaban J connectivity index is 1.77. The first-order chi connectivity index (χ1) is 15.5. The summed E-state index contributed by atoms with van der Waals surface area (Å²) in [7, 11) is 0. The van der Waals surface area contributed by atoms with Gasteiger partial charge < -0.3 is 0 Å². The van der Waals surface area contributed by atoms with E-state index in [1.807, 2.05) is 42.7 Å². The van der Waals surface area contributed by atoms with E-state index in [0.29, 0.717) is 11.3 Å². The highest BCUT2D eigenvalue weighted by Gasteiger charge is 2.60. The number of aromatic nitrogens is 2. The first-order valence-electron chi connectivity index (χ1n) is 10.7. The minimum absolute atomic E-state index is 0.102. The quantitative estimate of drug-likeness (QED) is 0.383. The van der Waals surface area contributed by atoms with Crippen molar-refractivity contribution in [2.45, 2.75) is 38.4 Å². The van der Waals surface area contributed by atoms with Crippen molar-refractivity contribution in [1.82, 2.24) is 4.98 Å². The molecule has 0 aliphatic carbocycles. The number of fused-ring (bicyclic) bond motifs is 7. The molecule has 1 aromatic heterocycles. The van der Waals surface area contributed by atoms with Gasteiger partial charge in [0.15, 0.2) is 0 Å². The van der Waals surface area contributed by atoms with E-state index in [2.05, 4.69) is 0 Å². The molecule has 6 heteroatoms. The molecule has 4 aromatic rings. The molecule has 1 spiro atoms. The monoisotopic (exact) mass is 431 g/mol. The summed E-state index contributed by atoms with van der Waals surface area (Å²) in [6.45, 7) is 4.01. The number of nitrogens with zero attached hydrogens (tertiary/aromatic N) is 2. The summed E-state index contributed by atoms with van der Waals surface area (Å²) in [6.07, 6.45) is 0.528. The Labute approximate surface area is 184 Å². The molecule has 0 saturated carbocycles. The number of halogens is 2. The smallest absolute Gasteiger partial charge is 0.287 e. The molecule has 1 saturated heterocycles. The van der Waals surface area contributed by atoms with E-state index in [1.165, 1.54) is 24.3 Å². The molecule has 3 aromatic carbocycles. The van der Waals surface area contributed by atoms with E-state index < -0.39 is 5.91 Å². The summed E-state index contributed by atoms with van der Waals surface area (Å²) in [4.78, 5) is 4.94. The molecule has 2 aliphatic heterocycles. The Morgan fingerprint density at radius 3 is 2.34 bits per heavy atom. The van der Waals surface area contributed by atoms with Crippen molar-refractivity contribution in [3.8, 4) is 22.5 Å². The number of ether oxygens (including phenoxy) is 2. The molecule has 32 heavy (non-hydrogen) atoms. The van der Waals surface area contributed by atoms with Gasteiger partial charge in [-0.05, 0) is 62.4 Å². The van der Waals surface area contributed by atoms with Crippen LogP contribution in [0.3, 0.4) is 0 Å². The summed E-state index contributed by atoms with van der Waals surface area (Å²) in [5.41, 5.74) is 5.11. The Hall–Kier alpha value is -3.22. The van der Waals surface area contributed by atoms with Gasteiger partial charge in [0, 0.05) is 18.1 Å². The molecule has 0 radical (unpaired) electrons. The Morgan fingerprint density at radius 1 is 0.906 bits per heavy atom. The van der Waals surface area contributed by atoms with Gasteiger partial charge in [-0.15, -0.1) is 4.57 Å². The van der Waals surface area contributed by atoms with Crippen LogP contribution >= 0.6 is 0 Å². The highest BCUT2D eigenvalue weighted by molar-refractivity contribution is 5.85. The zero-order valence-corrected chi connectivity index (χ0v) is 17.7. The number of hydrogen-bond donors (Lipinski definition) is 0. The van der Waals surface area contributed by atoms with Crippen LogP contribution in [0, 0.1) is 11.6 Å². The summed E-state index contributed by atoms with van der Waals surface area (Å²) < 4.78 is 43.2. The number of rotatable bonds is 1. The maximum atomic E-state index is 14.5. The van der Waals surface area contributed by atoms with Crippen LogP contribution in [-0.2, 0) is 15.4 Å². The molecule has 160 valence electrons. The standard InChI is InChI=1S/C26H21F2N2O2/c1-15-13-16(2)32-26(31-15)21-14-19(28)11-12-20(21)25-24(17-7-9-18(27)10-8-17)29-22-5-3-4-6-23(22)30(25)26/h3-12,14-16H,13H2,1-2H3/q+1. The second kappa shape index (κ2) is 6.89. The summed E-state index contributed by atoms with van der Waals surface area (Å²) in [5.74, 6) is -2.00. The van der Waals surface area contributed by atoms with Gasteiger partial charge in [-0.3, -0.25) is 9.47 Å². The molecule has 2 unspecified atom stereocenters. The van der Waals surface area contributed by atoms with Crippen LogP contribution in [0.2, 0.25) is 0 Å². The average molecular weight is 431 g/mol. The van der Waals surface area contributed by atoms with Crippen molar-refractivity contribution in [2.75, 3.05) is 0 Å². The fourth-order valence-corrected chi connectivity index (χ4v) is 4.98. The second-order valence-electron chi connectivity index (χ2n) is 8.50. The van der Waals surface area contributed by atoms with Gasteiger partial charge in [0.05, 0.1) is 17.8 Å². The molecule has 6 rings (SSSR count). The van der Waals surface area contributed by atoms with Gasteiger partial charge in [-0.25, -0.2) is 13.8 Å². The van der Waals surface area contributed by atoms with Crippen molar-refractivity contribution in [3.05, 3.63) is 83.9 Å². The summed E-state index contributed by atoms with van der Waals surface area (Å²) in [6, 6.07) is 18.6. The lowest BCUT2D eigenvalue weighted by molar-refractivity contribution is -0.823. The third kappa shape index (κ3) is 2.73. The Kier molecular flexibility index (Phi) is 4.19. The molecule has 3 heterocycles. The van der Waals surface area contributed by atoms with Crippen molar-refractivity contribution in [3.63, 3.8) is 0 Å². The minimum atomic E-state index is -1.32. The molecule has 0 amide bonds. The van der Waals surface area contributed by atoms with Gasteiger partial charge in [-0.1, -0.05) is 12.1 Å². The van der Waals surface area contributed by atoms with Crippen molar-refractivity contribution >= 4 is 11.0 Å². The molecule has 2 aliphatic rings. The Morgan fingerprint density at radius 2 is 1.59 bits per heavy atom. The van der Waals surface area contributed by atoms with Crippen molar-refractivity contribution < 1.29 is 22.8 Å². The van der Waals surface area contributed by atoms with E-state index in [4.69, 9.17) is 14.5 Å². The first kappa shape index (κ1) is 19.5. The van der Waals surface area contributed by atoms with Crippen LogP contribution in [0.15, 0.2) is 66.7 Å². The number of para-hydroxylation sites is 2. The minimum Gasteiger partial charge on any atom is -0.287 e. The third-order valence-corrected chi connectivity index (χ3v) is 6.18. The summed E-state index contributed by atoms with van der Waals surface area (Å²) >= 11 is 0. The maximum absolute atomic E-state index is 14.5. The maximum Gasteiger partial charge on any atom is 0.422 e. The van der Waals surface area contributed by atoms with Crippen LogP contribution in [0.4, 0.5) is 8.78 Å². The van der Waals surface area contributed by atoms with Crippen LogP contribution in [-0.4, -0.2) is 17.2 Å². The van der Waals surface area contributed by atoms with E-state index in [9.17, 15) is 8.78 Å². The largest absolute Gasteiger partial charge is 0.422 e. The fourth-order valence-electron chi connectivity index (χ4n) is 4.98. The van der Waals surface area contributed by atoms with Crippen LogP contribution in [0.25, 0.3) is 33.5 Å². The van der Waals surface area contributed by atoms with Gasteiger partial charge >= 0.3 is 5.91 Å². The Bertz CT molecular complexity index is 1360. The molecule has 0 bridgehead atoms. The molecule has 1 fully saturated rings. The molecular weight excluding hydrogens is 410 g/mol. The lowest BCUT2D eigenvalue weighted by atomic mass is 10.0. The van der Waals surface area contributed by atoms with Crippen molar-refractivity contribution in [2.24, 2.45) is 0 Å². The molecule has 2 atom stereocenters. The number of benzene rings is 3. The van der Waals surface area contributed by atoms with Crippen molar-refractivity contribution in [1.29, 1.82) is 0 Å².